The van der Waals surface area contributed by atoms with Crippen molar-refractivity contribution in [2.24, 2.45) is 0 Å². The number of pyridine rings is 1. The van der Waals surface area contributed by atoms with Gasteiger partial charge in [-0.05, 0) is 50.6 Å². The lowest BCUT2D eigenvalue weighted by atomic mass is 10.0. The fraction of sp³-hybridized carbons (Fsp3) is 0.400. The van der Waals surface area contributed by atoms with Gasteiger partial charge in [-0.3, -0.25) is 0 Å². The van der Waals surface area contributed by atoms with Crippen LogP contribution in [-0.2, 0) is 0 Å². The quantitative estimate of drug-likeness (QED) is 0.470. The first-order valence-corrected chi connectivity index (χ1v) is 11.1. The number of aromatic nitrogens is 2. The van der Waals surface area contributed by atoms with Crippen LogP contribution in [0, 0.1) is 12.7 Å². The summed E-state index contributed by atoms with van der Waals surface area (Å²) in [6.45, 7) is 9.09. The molecule has 2 aromatic carbocycles. The van der Waals surface area contributed by atoms with E-state index in [0.29, 0.717) is 6.04 Å². The first-order valence-electron chi connectivity index (χ1n) is 11.1. The molecule has 6 rings (SSSR count). The Morgan fingerprint density at radius 3 is 2.57 bits per heavy atom. The van der Waals surface area contributed by atoms with Crippen molar-refractivity contribution < 1.29 is 4.39 Å². The van der Waals surface area contributed by atoms with Crippen LogP contribution in [0.3, 0.4) is 0 Å². The van der Waals surface area contributed by atoms with Gasteiger partial charge in [0.15, 0.2) is 0 Å². The second-order valence-electron chi connectivity index (χ2n) is 8.90. The highest BCUT2D eigenvalue weighted by molar-refractivity contribution is 6.07. The van der Waals surface area contributed by atoms with Crippen molar-refractivity contribution in [1.82, 2.24) is 14.5 Å². The number of halogens is 1. The summed E-state index contributed by atoms with van der Waals surface area (Å²) in [4.78, 5) is 9.54. The lowest BCUT2D eigenvalue weighted by Gasteiger charge is -2.35. The molecule has 154 valence electrons. The first-order chi connectivity index (χ1) is 14.6. The molecule has 0 aromatic heterocycles. The molecular formula is C25H27FN4. The molecule has 0 N–H and O–H groups in total. The Kier molecular flexibility index (Phi) is 4.03. The number of rotatable bonds is 3. The third-order valence-electron chi connectivity index (χ3n) is 6.90. The highest BCUT2D eigenvalue weighted by atomic mass is 19.1. The number of nitrogens with zero attached hydrogens (tertiary/aromatic N) is 4. The normalized spacial score (nSPS) is 18.2. The van der Waals surface area contributed by atoms with Crippen LogP contribution in [0.15, 0.2) is 36.5 Å². The molecule has 3 aliphatic heterocycles. The van der Waals surface area contributed by atoms with Gasteiger partial charge in [0.2, 0.25) is 0 Å². The van der Waals surface area contributed by atoms with Crippen LogP contribution in [0.1, 0.15) is 31.4 Å². The van der Waals surface area contributed by atoms with E-state index >= 15 is 4.39 Å². The summed E-state index contributed by atoms with van der Waals surface area (Å²) in [7, 11) is 0. The molecule has 4 nitrogen and oxygen atoms in total. The van der Waals surface area contributed by atoms with Gasteiger partial charge in [-0.2, -0.15) is 0 Å². The largest absolute Gasteiger partial charge is 0.367 e. The lowest BCUT2D eigenvalue weighted by Crippen LogP contribution is -2.46. The van der Waals surface area contributed by atoms with Gasteiger partial charge in [0.05, 0.1) is 22.4 Å². The lowest BCUT2D eigenvalue weighted by molar-refractivity contribution is 0.270. The Labute approximate surface area is 176 Å². The zero-order valence-corrected chi connectivity index (χ0v) is 17.7. The SMILES string of the molecule is CCN1CCN(c2cc3c(cc2F)c2nc4ccc(C)cc4c-2cn3C2CC2)CC1. The van der Waals surface area contributed by atoms with Crippen molar-refractivity contribution in [3.05, 3.63) is 47.9 Å². The number of aryl methyl sites for hydroxylation is 1. The van der Waals surface area contributed by atoms with Gasteiger partial charge in [0.1, 0.15) is 5.82 Å². The van der Waals surface area contributed by atoms with Gasteiger partial charge in [-0.25, -0.2) is 9.37 Å². The molecule has 0 bridgehead atoms. The molecule has 5 heteroatoms. The second-order valence-corrected chi connectivity index (χ2v) is 8.90. The third kappa shape index (κ3) is 2.79. The first kappa shape index (κ1) is 18.1. The molecule has 0 radical (unpaired) electrons. The molecule has 1 saturated carbocycles. The minimum atomic E-state index is -0.134. The van der Waals surface area contributed by atoms with Crippen LogP contribution in [0.4, 0.5) is 10.1 Å². The molecular weight excluding hydrogens is 375 g/mol. The van der Waals surface area contributed by atoms with Crippen LogP contribution in [-0.4, -0.2) is 47.2 Å². The van der Waals surface area contributed by atoms with Crippen molar-refractivity contribution >= 4 is 27.5 Å². The van der Waals surface area contributed by atoms with Crippen molar-refractivity contribution in [1.29, 1.82) is 0 Å². The average molecular weight is 403 g/mol. The Morgan fingerprint density at radius 1 is 1.03 bits per heavy atom. The molecule has 0 amide bonds. The average Bonchev–Trinajstić information content (AvgIpc) is 3.54. The van der Waals surface area contributed by atoms with Gasteiger partial charge in [-0.1, -0.05) is 18.6 Å². The van der Waals surface area contributed by atoms with Crippen molar-refractivity contribution in [2.75, 3.05) is 37.6 Å². The Balaban J connectivity index is 1.56. The molecule has 2 aromatic rings. The van der Waals surface area contributed by atoms with Crippen molar-refractivity contribution in [2.45, 2.75) is 32.7 Å². The molecule has 0 unspecified atom stereocenters. The van der Waals surface area contributed by atoms with Gasteiger partial charge in [-0.15, -0.1) is 0 Å². The maximum absolute atomic E-state index is 15.4. The minimum absolute atomic E-state index is 0.134. The Hall–Kier alpha value is -2.66. The number of hydrogen-bond donors (Lipinski definition) is 0. The van der Waals surface area contributed by atoms with E-state index in [0.717, 1.165) is 66.1 Å². The molecule has 1 saturated heterocycles. The number of anilines is 1. The molecule has 0 atom stereocenters. The zero-order valence-electron chi connectivity index (χ0n) is 17.7. The predicted molar refractivity (Wildman–Crippen MR) is 121 cm³/mol. The highest BCUT2D eigenvalue weighted by Crippen LogP contribution is 2.44. The summed E-state index contributed by atoms with van der Waals surface area (Å²) < 4.78 is 17.8. The van der Waals surface area contributed by atoms with E-state index in [-0.39, 0.29) is 5.82 Å². The number of likely N-dealkylation sites (N-methyl/N-ethyl adjacent to an activating group) is 1. The molecule has 4 aliphatic rings. The Bertz CT molecular complexity index is 1230. The van der Waals surface area contributed by atoms with E-state index in [4.69, 9.17) is 4.98 Å². The van der Waals surface area contributed by atoms with E-state index in [1.54, 1.807) is 6.07 Å². The summed E-state index contributed by atoms with van der Waals surface area (Å²) in [5, 5.41) is 2.10. The van der Waals surface area contributed by atoms with Gasteiger partial charge in [0.25, 0.3) is 0 Å². The Morgan fingerprint density at radius 2 is 1.83 bits per heavy atom. The molecule has 30 heavy (non-hydrogen) atoms. The summed E-state index contributed by atoms with van der Waals surface area (Å²) in [6.07, 6.45) is 4.65. The van der Waals surface area contributed by atoms with Crippen LogP contribution >= 0.6 is 0 Å². The topological polar surface area (TPSA) is 24.3 Å². The maximum Gasteiger partial charge on any atom is 0.147 e. The van der Waals surface area contributed by atoms with Crippen molar-refractivity contribution in [3.8, 4) is 11.3 Å². The van der Waals surface area contributed by atoms with E-state index in [1.807, 2.05) is 0 Å². The second kappa shape index (κ2) is 6.67. The molecule has 0 spiro atoms. The molecule has 2 fully saturated rings. The summed E-state index contributed by atoms with van der Waals surface area (Å²) >= 11 is 0. The van der Waals surface area contributed by atoms with Crippen LogP contribution in [0.25, 0.3) is 33.1 Å². The fourth-order valence-electron chi connectivity index (χ4n) is 4.97. The van der Waals surface area contributed by atoms with Crippen LogP contribution in [0.5, 0.6) is 0 Å². The number of hydrogen-bond acceptors (Lipinski definition) is 3. The number of piperazine rings is 1. The van der Waals surface area contributed by atoms with Gasteiger partial charge < -0.3 is 14.4 Å². The van der Waals surface area contributed by atoms with Crippen molar-refractivity contribution in [3.63, 3.8) is 0 Å². The number of fused-ring (bicyclic) bond motifs is 5. The van der Waals surface area contributed by atoms with E-state index in [2.05, 4.69) is 58.7 Å². The van der Waals surface area contributed by atoms with Gasteiger partial charge >= 0.3 is 0 Å². The van der Waals surface area contributed by atoms with Gasteiger partial charge in [0, 0.05) is 54.8 Å². The predicted octanol–water partition coefficient (Wildman–Crippen LogP) is 5.22. The molecule has 1 aliphatic carbocycles. The summed E-state index contributed by atoms with van der Waals surface area (Å²) in [5.41, 5.74) is 6.12. The van der Waals surface area contributed by atoms with Crippen LogP contribution in [0.2, 0.25) is 0 Å². The smallest absolute Gasteiger partial charge is 0.147 e. The van der Waals surface area contributed by atoms with E-state index < -0.39 is 0 Å². The van der Waals surface area contributed by atoms with E-state index in [9.17, 15) is 0 Å². The maximum atomic E-state index is 15.4. The zero-order chi connectivity index (χ0) is 20.4. The highest BCUT2D eigenvalue weighted by Gasteiger charge is 2.29. The molecule has 3 heterocycles. The standard InChI is InChI=1S/C25H27FN4/c1-3-28-8-10-29(11-9-28)24-14-23-19(13-21(24)26)25-20(15-30(23)17-5-6-17)18-12-16(2)4-7-22(18)27-25/h4,7,12-15,17H,3,5-6,8-11H2,1-2H3. The monoisotopic (exact) mass is 402 g/mol. The summed E-state index contributed by atoms with van der Waals surface area (Å²) in [6, 6.07) is 10.7. The van der Waals surface area contributed by atoms with E-state index in [1.165, 1.54) is 23.8 Å². The third-order valence-corrected chi connectivity index (χ3v) is 6.90. The summed E-state index contributed by atoms with van der Waals surface area (Å²) in [5.74, 6) is -0.134. The number of benzene rings is 2. The minimum Gasteiger partial charge on any atom is -0.367 e. The van der Waals surface area contributed by atoms with Crippen LogP contribution < -0.4 is 4.90 Å². The fourth-order valence-corrected chi connectivity index (χ4v) is 4.97.